The Hall–Kier alpha value is -3.65. The fraction of sp³-hybridized carbons (Fsp3) is 0.394. The van der Waals surface area contributed by atoms with Gasteiger partial charge in [-0.25, -0.2) is 13.2 Å². The van der Waals surface area contributed by atoms with Crippen LogP contribution < -0.4 is 10.3 Å². The number of pyridine rings is 1. The fourth-order valence-corrected chi connectivity index (χ4v) is 7.47. The van der Waals surface area contributed by atoms with Gasteiger partial charge in [0.15, 0.2) is 0 Å². The van der Waals surface area contributed by atoms with Gasteiger partial charge in [-0.05, 0) is 73.3 Å². The summed E-state index contributed by atoms with van der Waals surface area (Å²) in [5.74, 6) is 1.95. The average Bonchev–Trinajstić information content (AvgIpc) is 3.78. The molecule has 3 fully saturated rings. The van der Waals surface area contributed by atoms with Crippen LogP contribution in [0.4, 0.5) is 5.69 Å². The standard InChI is InChI=1S/C33H34N2O5S/c36-27-19-28(25(16-20-9-10-20)17-21-11-12-21)40-33(37)31(27)30(22-13-14-22)24-5-1-7-26(18-24)35-41(38,39)29-8-2-4-23-6-3-15-34-32(23)29/h1-8,15,18-22,25,30,35-36H,9-14,16-17H2. The summed E-state index contributed by atoms with van der Waals surface area (Å²) >= 11 is 0. The summed E-state index contributed by atoms with van der Waals surface area (Å²) in [4.78, 5) is 17.9. The first-order valence-corrected chi connectivity index (χ1v) is 16.2. The van der Waals surface area contributed by atoms with E-state index in [1.165, 1.54) is 25.7 Å². The Balaban J connectivity index is 1.20. The monoisotopic (exact) mass is 570 g/mol. The van der Waals surface area contributed by atoms with E-state index in [4.69, 9.17) is 4.42 Å². The number of aromatic hydroxyl groups is 1. The lowest BCUT2D eigenvalue weighted by atomic mass is 9.86. The summed E-state index contributed by atoms with van der Waals surface area (Å²) in [5.41, 5.74) is 1.34. The van der Waals surface area contributed by atoms with Gasteiger partial charge in [0.2, 0.25) is 0 Å². The molecule has 0 bridgehead atoms. The molecule has 41 heavy (non-hydrogen) atoms. The van der Waals surface area contributed by atoms with Crippen LogP contribution in [0.15, 0.2) is 81.0 Å². The van der Waals surface area contributed by atoms with Crippen molar-refractivity contribution in [3.05, 3.63) is 94.2 Å². The van der Waals surface area contributed by atoms with Gasteiger partial charge in [-0.15, -0.1) is 0 Å². The van der Waals surface area contributed by atoms with Crippen LogP contribution in [0.2, 0.25) is 0 Å². The largest absolute Gasteiger partial charge is 0.507 e. The van der Waals surface area contributed by atoms with E-state index in [2.05, 4.69) is 9.71 Å². The zero-order chi connectivity index (χ0) is 28.1. The van der Waals surface area contributed by atoms with E-state index in [0.29, 0.717) is 28.8 Å². The molecule has 3 saturated carbocycles. The van der Waals surface area contributed by atoms with Gasteiger partial charge < -0.3 is 9.52 Å². The quantitative estimate of drug-likeness (QED) is 0.203. The smallest absolute Gasteiger partial charge is 0.343 e. The van der Waals surface area contributed by atoms with Crippen molar-refractivity contribution in [2.45, 2.75) is 68.1 Å². The molecule has 3 aliphatic rings. The number of nitrogens with one attached hydrogen (secondary N) is 1. The maximum absolute atomic E-state index is 13.5. The fourth-order valence-electron chi connectivity index (χ4n) is 6.24. The highest BCUT2D eigenvalue weighted by Gasteiger charge is 2.39. The van der Waals surface area contributed by atoms with Gasteiger partial charge in [-0.2, -0.15) is 0 Å². The minimum atomic E-state index is -3.94. The van der Waals surface area contributed by atoms with Gasteiger partial charge in [0.1, 0.15) is 16.4 Å². The summed E-state index contributed by atoms with van der Waals surface area (Å²) in [6, 6.07) is 17.5. The van der Waals surface area contributed by atoms with Crippen molar-refractivity contribution in [2.24, 2.45) is 17.8 Å². The maximum Gasteiger partial charge on any atom is 0.343 e. The number of hydrogen-bond acceptors (Lipinski definition) is 6. The van der Waals surface area contributed by atoms with E-state index in [1.54, 1.807) is 48.7 Å². The Bertz CT molecular complexity index is 1750. The lowest BCUT2D eigenvalue weighted by molar-refractivity contribution is 0.357. The zero-order valence-electron chi connectivity index (χ0n) is 22.8. The van der Waals surface area contributed by atoms with Gasteiger partial charge in [-0.1, -0.05) is 56.0 Å². The Kier molecular flexibility index (Phi) is 6.61. The van der Waals surface area contributed by atoms with Crippen LogP contribution in [-0.2, 0) is 10.0 Å². The topological polar surface area (TPSA) is 109 Å². The molecule has 1 unspecified atom stereocenters. The molecule has 212 valence electrons. The maximum atomic E-state index is 13.5. The van der Waals surface area contributed by atoms with Crippen molar-refractivity contribution in [2.75, 3.05) is 4.72 Å². The Morgan fingerprint density at radius 2 is 1.63 bits per heavy atom. The zero-order valence-corrected chi connectivity index (χ0v) is 23.6. The SMILES string of the molecule is O=c1oc(C(CC2CC2)CC2CC2)cc(O)c1C(c1cccc(NS(=O)(=O)c2cccc3cccnc23)c1)C1CC1. The molecular weight excluding hydrogens is 536 g/mol. The second-order valence-electron chi connectivity index (χ2n) is 12.2. The first kappa shape index (κ1) is 26.3. The van der Waals surface area contributed by atoms with E-state index in [0.717, 1.165) is 36.6 Å². The van der Waals surface area contributed by atoms with Gasteiger partial charge in [0, 0.05) is 35.2 Å². The second-order valence-corrected chi connectivity index (χ2v) is 13.8. The molecular formula is C33H34N2O5S. The number of benzene rings is 2. The normalized spacial score (nSPS) is 18.1. The second kappa shape index (κ2) is 10.3. The summed E-state index contributed by atoms with van der Waals surface area (Å²) in [7, 11) is -3.94. The predicted octanol–water partition coefficient (Wildman–Crippen LogP) is 6.92. The minimum Gasteiger partial charge on any atom is -0.507 e. The number of aromatic nitrogens is 1. The third-order valence-corrected chi connectivity index (χ3v) is 10.2. The summed E-state index contributed by atoms with van der Waals surface area (Å²) < 4.78 is 35.5. The van der Waals surface area contributed by atoms with Crippen LogP contribution in [0.5, 0.6) is 5.75 Å². The molecule has 1 atom stereocenters. The van der Waals surface area contributed by atoms with Crippen LogP contribution in [0.3, 0.4) is 0 Å². The number of fused-ring (bicyclic) bond motifs is 1. The molecule has 2 N–H and O–H groups in total. The molecule has 3 aliphatic carbocycles. The predicted molar refractivity (Wildman–Crippen MR) is 158 cm³/mol. The molecule has 4 aromatic rings. The molecule has 2 aromatic heterocycles. The van der Waals surface area contributed by atoms with Gasteiger partial charge >= 0.3 is 5.63 Å². The van der Waals surface area contributed by atoms with Crippen LogP contribution in [0.25, 0.3) is 10.9 Å². The highest BCUT2D eigenvalue weighted by Crippen LogP contribution is 2.49. The van der Waals surface area contributed by atoms with E-state index in [9.17, 15) is 18.3 Å². The van der Waals surface area contributed by atoms with Crippen molar-refractivity contribution >= 4 is 26.6 Å². The first-order valence-electron chi connectivity index (χ1n) is 14.7. The van der Waals surface area contributed by atoms with E-state index >= 15 is 0 Å². The van der Waals surface area contributed by atoms with Crippen LogP contribution in [-0.4, -0.2) is 18.5 Å². The third-order valence-electron chi connectivity index (χ3n) is 8.80. The minimum absolute atomic E-state index is 0.0162. The average molecular weight is 571 g/mol. The molecule has 2 aromatic carbocycles. The summed E-state index contributed by atoms with van der Waals surface area (Å²) in [5, 5.41) is 12.0. The van der Waals surface area contributed by atoms with Crippen LogP contribution in [0, 0.1) is 17.8 Å². The molecule has 2 heterocycles. The number of para-hydroxylation sites is 1. The summed E-state index contributed by atoms with van der Waals surface area (Å²) in [6.45, 7) is 0. The lowest BCUT2D eigenvalue weighted by Crippen LogP contribution is -2.18. The highest BCUT2D eigenvalue weighted by molar-refractivity contribution is 7.93. The van der Waals surface area contributed by atoms with Gasteiger partial charge in [-0.3, -0.25) is 9.71 Å². The molecule has 0 aliphatic heterocycles. The molecule has 0 spiro atoms. The molecule has 0 radical (unpaired) electrons. The van der Waals surface area contributed by atoms with E-state index < -0.39 is 15.6 Å². The number of nitrogens with zero attached hydrogens (tertiary/aromatic N) is 1. The number of hydrogen-bond donors (Lipinski definition) is 2. The Labute approximate surface area is 239 Å². The van der Waals surface area contributed by atoms with Gasteiger partial charge in [0.05, 0.1) is 11.1 Å². The lowest BCUT2D eigenvalue weighted by Gasteiger charge is -2.21. The van der Waals surface area contributed by atoms with E-state index in [1.807, 2.05) is 18.2 Å². The van der Waals surface area contributed by atoms with Crippen LogP contribution >= 0.6 is 0 Å². The number of anilines is 1. The molecule has 7 rings (SSSR count). The number of sulfonamides is 1. The van der Waals surface area contributed by atoms with Crippen molar-refractivity contribution in [1.82, 2.24) is 4.98 Å². The van der Waals surface area contributed by atoms with Crippen molar-refractivity contribution in [1.29, 1.82) is 0 Å². The first-order chi connectivity index (χ1) is 19.9. The van der Waals surface area contributed by atoms with Crippen molar-refractivity contribution in [3.63, 3.8) is 0 Å². The summed E-state index contributed by atoms with van der Waals surface area (Å²) in [6.07, 6.45) is 10.4. The molecule has 0 amide bonds. The molecule has 7 nitrogen and oxygen atoms in total. The van der Waals surface area contributed by atoms with E-state index in [-0.39, 0.29) is 34.0 Å². The Morgan fingerprint density at radius 1 is 0.927 bits per heavy atom. The Morgan fingerprint density at radius 3 is 2.32 bits per heavy atom. The van der Waals surface area contributed by atoms with Crippen molar-refractivity contribution in [3.8, 4) is 5.75 Å². The number of rotatable bonds is 11. The van der Waals surface area contributed by atoms with Crippen LogP contribution in [0.1, 0.15) is 80.1 Å². The third kappa shape index (κ3) is 5.62. The molecule has 8 heteroatoms. The van der Waals surface area contributed by atoms with Crippen molar-refractivity contribution < 1.29 is 17.9 Å². The highest BCUT2D eigenvalue weighted by atomic mass is 32.2. The van der Waals surface area contributed by atoms with Gasteiger partial charge in [0.25, 0.3) is 10.0 Å². The molecule has 0 saturated heterocycles.